The first-order valence-electron chi connectivity index (χ1n) is 9.65. The number of H-pyrrole nitrogens is 1. The minimum atomic E-state index is -0.323. The number of aromatic amines is 1. The summed E-state index contributed by atoms with van der Waals surface area (Å²) in [7, 11) is 0. The van der Waals surface area contributed by atoms with Crippen LogP contribution in [-0.4, -0.2) is 31.3 Å². The maximum atomic E-state index is 11.5. The number of benzene rings is 2. The molecule has 2 aromatic heterocycles. The lowest BCUT2D eigenvalue weighted by Crippen LogP contribution is -2.31. The Hall–Kier alpha value is -3.29. The van der Waals surface area contributed by atoms with E-state index in [4.69, 9.17) is 16.6 Å². The molecule has 1 aliphatic heterocycles. The number of fused-ring (bicyclic) bond motifs is 2. The van der Waals surface area contributed by atoms with Crippen LogP contribution in [0.5, 0.6) is 0 Å². The van der Waals surface area contributed by atoms with Crippen molar-refractivity contribution in [3.05, 3.63) is 86.8 Å². The van der Waals surface area contributed by atoms with Crippen molar-refractivity contribution in [2.75, 3.05) is 6.54 Å². The smallest absolute Gasteiger partial charge is 0.279 e. The first-order chi connectivity index (χ1) is 14.6. The van der Waals surface area contributed by atoms with Crippen LogP contribution in [-0.2, 0) is 19.5 Å². The summed E-state index contributed by atoms with van der Waals surface area (Å²) < 4.78 is 0. The van der Waals surface area contributed by atoms with Crippen LogP contribution in [0.2, 0.25) is 5.02 Å². The number of nitrogens with one attached hydrogen (secondary N) is 1. The molecule has 0 saturated carbocycles. The van der Waals surface area contributed by atoms with Crippen molar-refractivity contribution in [3.8, 4) is 11.4 Å². The lowest BCUT2D eigenvalue weighted by molar-refractivity contribution is -0.383. The van der Waals surface area contributed by atoms with E-state index in [0.717, 1.165) is 40.9 Å². The lowest BCUT2D eigenvalue weighted by atomic mass is 10.0. The van der Waals surface area contributed by atoms with E-state index in [1.807, 2.05) is 42.7 Å². The number of rotatable bonds is 4. The fraction of sp³-hybridized carbons (Fsp3) is 0.182. The van der Waals surface area contributed by atoms with Gasteiger partial charge in [-0.3, -0.25) is 15.0 Å². The molecule has 0 unspecified atom stereocenters. The van der Waals surface area contributed by atoms with Crippen LogP contribution in [0.15, 0.2) is 54.9 Å². The zero-order valence-corrected chi connectivity index (χ0v) is 16.8. The lowest BCUT2D eigenvalue weighted by Gasteiger charge is -2.27. The van der Waals surface area contributed by atoms with E-state index in [2.05, 4.69) is 14.9 Å². The van der Waals surface area contributed by atoms with Gasteiger partial charge < -0.3 is 4.98 Å². The number of nitrogens with zero attached hydrogens (tertiary/aromatic N) is 4. The molecule has 0 atom stereocenters. The van der Waals surface area contributed by atoms with Gasteiger partial charge in [0, 0.05) is 48.7 Å². The molecule has 3 heterocycles. The summed E-state index contributed by atoms with van der Waals surface area (Å²) in [5.74, 6) is 0.676. The highest BCUT2D eigenvalue weighted by atomic mass is 35.5. The van der Waals surface area contributed by atoms with Gasteiger partial charge in [-0.25, -0.2) is 9.97 Å². The largest absolute Gasteiger partial charge is 0.361 e. The summed E-state index contributed by atoms with van der Waals surface area (Å²) in [5.41, 5.74) is 4.90. The van der Waals surface area contributed by atoms with Crippen LogP contribution in [0.3, 0.4) is 0 Å². The molecule has 7 nitrogen and oxygen atoms in total. The van der Waals surface area contributed by atoms with E-state index >= 15 is 0 Å². The van der Waals surface area contributed by atoms with Gasteiger partial charge in [-0.2, -0.15) is 0 Å². The zero-order valence-electron chi connectivity index (χ0n) is 16.0. The molecule has 30 heavy (non-hydrogen) atoms. The third kappa shape index (κ3) is 3.42. The number of halogens is 1. The minimum Gasteiger partial charge on any atom is -0.361 e. The summed E-state index contributed by atoms with van der Waals surface area (Å²) in [6.45, 7) is 2.14. The van der Waals surface area contributed by atoms with Crippen LogP contribution in [0.25, 0.3) is 22.3 Å². The quantitative estimate of drug-likeness (QED) is 0.381. The molecule has 0 fully saturated rings. The third-order valence-corrected chi connectivity index (χ3v) is 5.74. The maximum absolute atomic E-state index is 11.5. The van der Waals surface area contributed by atoms with Gasteiger partial charge in [0.1, 0.15) is 0 Å². The summed E-state index contributed by atoms with van der Waals surface area (Å²) in [6, 6.07) is 12.6. The average Bonchev–Trinajstić information content (AvgIpc) is 3.16. The van der Waals surface area contributed by atoms with E-state index in [0.29, 0.717) is 29.3 Å². The number of nitro groups is 1. The highest BCUT2D eigenvalue weighted by Crippen LogP contribution is 2.30. The molecule has 1 aliphatic rings. The molecule has 0 radical (unpaired) electrons. The van der Waals surface area contributed by atoms with Gasteiger partial charge in [-0.05, 0) is 47.9 Å². The monoisotopic (exact) mass is 419 g/mol. The highest BCUT2D eigenvalue weighted by molar-refractivity contribution is 6.30. The Kier molecular flexibility index (Phi) is 4.69. The molecule has 8 heteroatoms. The molecule has 0 spiro atoms. The van der Waals surface area contributed by atoms with Crippen molar-refractivity contribution >= 4 is 28.2 Å². The molecule has 5 rings (SSSR count). The number of non-ortho nitro benzene ring substituents is 1. The molecular weight excluding hydrogens is 402 g/mol. The third-order valence-electron chi connectivity index (χ3n) is 5.48. The van der Waals surface area contributed by atoms with Crippen LogP contribution in [0.4, 0.5) is 5.69 Å². The first kappa shape index (κ1) is 18.7. The zero-order chi connectivity index (χ0) is 20.7. The van der Waals surface area contributed by atoms with Crippen LogP contribution < -0.4 is 0 Å². The topological polar surface area (TPSA) is 88.0 Å². The van der Waals surface area contributed by atoms with Crippen molar-refractivity contribution in [2.24, 2.45) is 0 Å². The number of aromatic nitrogens is 3. The van der Waals surface area contributed by atoms with E-state index in [9.17, 15) is 10.1 Å². The van der Waals surface area contributed by atoms with Crippen LogP contribution >= 0.6 is 11.6 Å². The number of nitro benzene ring substituents is 1. The van der Waals surface area contributed by atoms with Gasteiger partial charge in [-0.15, -0.1) is 0 Å². The van der Waals surface area contributed by atoms with Gasteiger partial charge in [0.05, 0.1) is 21.5 Å². The Morgan fingerprint density at radius 1 is 1.20 bits per heavy atom. The normalized spacial score (nSPS) is 14.0. The second kappa shape index (κ2) is 7.51. The molecule has 150 valence electrons. The van der Waals surface area contributed by atoms with E-state index < -0.39 is 0 Å². The molecule has 0 amide bonds. The summed E-state index contributed by atoms with van der Waals surface area (Å²) >= 11 is 5.98. The standard InChI is InChI=1S/C22H18ClN5O2/c23-17-6-4-14(5-7-17)22-25-10-15-8-9-27(13-19(15)26-22)12-16-11-24-18-2-1-3-20(21(16)18)28(29)30/h1-7,10-11,24H,8-9,12-13H2. The predicted molar refractivity (Wildman–Crippen MR) is 115 cm³/mol. The van der Waals surface area contributed by atoms with Crippen molar-refractivity contribution in [1.82, 2.24) is 19.9 Å². The highest BCUT2D eigenvalue weighted by Gasteiger charge is 2.22. The van der Waals surface area contributed by atoms with Crippen LogP contribution in [0.1, 0.15) is 16.8 Å². The van der Waals surface area contributed by atoms with E-state index in [1.54, 1.807) is 12.1 Å². The Bertz CT molecular complexity index is 1250. The average molecular weight is 420 g/mol. The Morgan fingerprint density at radius 3 is 2.83 bits per heavy atom. The molecule has 0 bridgehead atoms. The molecule has 4 aromatic rings. The van der Waals surface area contributed by atoms with Crippen LogP contribution in [0, 0.1) is 10.1 Å². The summed E-state index contributed by atoms with van der Waals surface area (Å²) in [5, 5.41) is 12.8. The van der Waals surface area contributed by atoms with Gasteiger partial charge in [-0.1, -0.05) is 17.7 Å². The summed E-state index contributed by atoms with van der Waals surface area (Å²) in [4.78, 5) is 25.9. The van der Waals surface area contributed by atoms with Crippen molar-refractivity contribution in [2.45, 2.75) is 19.5 Å². The second-order valence-electron chi connectivity index (χ2n) is 7.40. The molecular formula is C22H18ClN5O2. The fourth-order valence-corrected chi connectivity index (χ4v) is 4.11. The van der Waals surface area contributed by atoms with E-state index in [1.165, 1.54) is 0 Å². The van der Waals surface area contributed by atoms with Crippen molar-refractivity contribution in [1.29, 1.82) is 0 Å². The Morgan fingerprint density at radius 2 is 2.03 bits per heavy atom. The molecule has 0 aliphatic carbocycles. The molecule has 0 saturated heterocycles. The fourth-order valence-electron chi connectivity index (χ4n) is 3.98. The van der Waals surface area contributed by atoms with E-state index in [-0.39, 0.29) is 10.6 Å². The maximum Gasteiger partial charge on any atom is 0.279 e. The van der Waals surface area contributed by atoms with Gasteiger partial charge in [0.15, 0.2) is 5.82 Å². The van der Waals surface area contributed by atoms with Gasteiger partial charge in [0.2, 0.25) is 0 Å². The van der Waals surface area contributed by atoms with Crippen molar-refractivity contribution in [3.63, 3.8) is 0 Å². The first-order valence-corrected chi connectivity index (χ1v) is 10.0. The van der Waals surface area contributed by atoms with Crippen molar-refractivity contribution < 1.29 is 4.92 Å². The summed E-state index contributed by atoms with van der Waals surface area (Å²) in [6.07, 6.45) is 4.62. The molecule has 2 aromatic carbocycles. The predicted octanol–water partition coefficient (Wildman–Crippen LogP) is 4.74. The molecule has 1 N–H and O–H groups in total. The van der Waals surface area contributed by atoms with Gasteiger partial charge >= 0.3 is 0 Å². The Balaban J connectivity index is 1.42. The number of hydrogen-bond donors (Lipinski definition) is 1. The Labute approximate surface area is 177 Å². The van der Waals surface area contributed by atoms with Gasteiger partial charge in [0.25, 0.3) is 5.69 Å². The second-order valence-corrected chi connectivity index (χ2v) is 7.84. The minimum absolute atomic E-state index is 0.133. The SMILES string of the molecule is O=[N+]([O-])c1cccc2[nH]cc(CN3CCc4cnc(-c5ccc(Cl)cc5)nc4C3)c12. The number of hydrogen-bond acceptors (Lipinski definition) is 5.